The molecule has 0 fully saturated rings. The molecule has 1 rings (SSSR count). The van der Waals surface area contributed by atoms with E-state index in [-0.39, 0.29) is 0 Å². The van der Waals surface area contributed by atoms with E-state index >= 15 is 0 Å². The maximum atomic E-state index is 11.2. The fourth-order valence-electron chi connectivity index (χ4n) is 1.26. The van der Waals surface area contributed by atoms with Crippen LogP contribution in [-0.2, 0) is 4.79 Å². The Balaban J connectivity index is 3.10. The van der Waals surface area contributed by atoms with E-state index in [0.717, 1.165) is 0 Å². The summed E-state index contributed by atoms with van der Waals surface area (Å²) < 4.78 is 15.9. The quantitative estimate of drug-likeness (QED) is 0.841. The third-order valence-corrected chi connectivity index (χ3v) is 2.33. The summed E-state index contributed by atoms with van der Waals surface area (Å²) in [6.45, 7) is 3.18. The van der Waals surface area contributed by atoms with Crippen LogP contribution in [0.25, 0.3) is 0 Å². The number of primary amides is 1. The number of hydrogen-bond acceptors (Lipinski definition) is 4. The second-order valence-corrected chi connectivity index (χ2v) is 3.97. The molecule has 0 aliphatic carbocycles. The highest BCUT2D eigenvalue weighted by molar-refractivity contribution is 5.83. The summed E-state index contributed by atoms with van der Waals surface area (Å²) in [4.78, 5) is 11.2. The van der Waals surface area contributed by atoms with Crippen LogP contribution < -0.4 is 19.9 Å². The van der Waals surface area contributed by atoms with Crippen molar-refractivity contribution in [1.82, 2.24) is 0 Å². The highest BCUT2D eigenvalue weighted by Gasteiger charge is 2.29. The van der Waals surface area contributed by atoms with Crippen molar-refractivity contribution in [3.05, 3.63) is 18.2 Å². The lowest BCUT2D eigenvalue weighted by molar-refractivity contribution is -0.130. The summed E-state index contributed by atoms with van der Waals surface area (Å²) >= 11 is 0. The first-order valence-corrected chi connectivity index (χ1v) is 5.12. The minimum absolute atomic E-state index is 0.413. The number of rotatable bonds is 5. The number of para-hydroxylation sites is 1. The van der Waals surface area contributed by atoms with Crippen molar-refractivity contribution in [1.29, 1.82) is 0 Å². The lowest BCUT2D eigenvalue weighted by atomic mass is 10.1. The third-order valence-electron chi connectivity index (χ3n) is 2.33. The normalized spacial score (nSPS) is 10.8. The monoisotopic (exact) mass is 239 g/mol. The smallest absolute Gasteiger partial charge is 0.261 e. The molecule has 1 amide bonds. The zero-order valence-corrected chi connectivity index (χ0v) is 10.4. The summed E-state index contributed by atoms with van der Waals surface area (Å²) in [5.41, 5.74) is 4.13. The van der Waals surface area contributed by atoms with Crippen LogP contribution >= 0.6 is 0 Å². The van der Waals surface area contributed by atoms with Gasteiger partial charge in [-0.3, -0.25) is 4.79 Å². The van der Waals surface area contributed by atoms with Gasteiger partial charge in [-0.15, -0.1) is 0 Å². The van der Waals surface area contributed by atoms with Crippen molar-refractivity contribution in [3.8, 4) is 17.2 Å². The molecule has 2 N–H and O–H groups in total. The van der Waals surface area contributed by atoms with Gasteiger partial charge in [0.05, 0.1) is 14.2 Å². The Hall–Kier alpha value is -1.91. The fourth-order valence-corrected chi connectivity index (χ4v) is 1.26. The predicted octanol–water partition coefficient (Wildman–Crippen LogP) is 1.35. The van der Waals surface area contributed by atoms with E-state index in [9.17, 15) is 4.79 Å². The molecule has 0 saturated heterocycles. The predicted molar refractivity (Wildman–Crippen MR) is 63.4 cm³/mol. The molecule has 0 bridgehead atoms. The molecule has 0 unspecified atom stereocenters. The zero-order chi connectivity index (χ0) is 13.1. The molecule has 0 aromatic heterocycles. The Labute approximate surface area is 100 Å². The summed E-state index contributed by atoms with van der Waals surface area (Å²) in [5, 5.41) is 0. The largest absolute Gasteiger partial charge is 0.493 e. The van der Waals surface area contributed by atoms with E-state index in [2.05, 4.69) is 0 Å². The average Bonchev–Trinajstić information content (AvgIpc) is 2.27. The molecule has 94 valence electrons. The van der Waals surface area contributed by atoms with E-state index in [1.807, 2.05) is 0 Å². The minimum atomic E-state index is -1.11. The van der Waals surface area contributed by atoms with Crippen molar-refractivity contribution in [2.24, 2.45) is 5.73 Å². The maximum absolute atomic E-state index is 11.2. The van der Waals surface area contributed by atoms with E-state index in [1.54, 1.807) is 32.0 Å². The molecule has 5 heteroatoms. The number of methoxy groups -OCH3 is 2. The topological polar surface area (TPSA) is 70.8 Å². The summed E-state index contributed by atoms with van der Waals surface area (Å²) in [6.07, 6.45) is 0. The van der Waals surface area contributed by atoms with Gasteiger partial charge in [-0.1, -0.05) is 6.07 Å². The lowest BCUT2D eigenvalue weighted by Crippen LogP contribution is -2.43. The number of benzene rings is 1. The first kappa shape index (κ1) is 13.2. The van der Waals surface area contributed by atoms with E-state index in [1.165, 1.54) is 14.2 Å². The molecule has 0 atom stereocenters. The van der Waals surface area contributed by atoms with Crippen LogP contribution in [0.4, 0.5) is 0 Å². The van der Waals surface area contributed by atoms with Crippen molar-refractivity contribution in [2.75, 3.05) is 14.2 Å². The molecular weight excluding hydrogens is 222 g/mol. The Morgan fingerprint density at radius 2 is 1.76 bits per heavy atom. The van der Waals surface area contributed by atoms with Crippen LogP contribution in [0.1, 0.15) is 13.8 Å². The zero-order valence-electron chi connectivity index (χ0n) is 10.4. The maximum Gasteiger partial charge on any atom is 0.261 e. The first-order valence-electron chi connectivity index (χ1n) is 5.12. The van der Waals surface area contributed by atoms with Crippen molar-refractivity contribution in [2.45, 2.75) is 19.4 Å². The molecule has 0 aliphatic rings. The Bertz CT molecular complexity index is 415. The summed E-state index contributed by atoms with van der Waals surface area (Å²) in [7, 11) is 3.03. The molecule has 0 aliphatic heterocycles. The molecule has 1 aromatic carbocycles. The average molecular weight is 239 g/mol. The molecule has 0 spiro atoms. The Kier molecular flexibility index (Phi) is 3.83. The second kappa shape index (κ2) is 4.95. The number of carbonyl (C=O) groups excluding carboxylic acids is 1. The SMILES string of the molecule is COc1cccc(OC(C)(C)C(N)=O)c1OC. The molecule has 0 saturated carbocycles. The summed E-state index contributed by atoms with van der Waals surface area (Å²) in [6, 6.07) is 5.17. The van der Waals surface area contributed by atoms with Crippen LogP contribution in [-0.4, -0.2) is 25.7 Å². The van der Waals surface area contributed by atoms with E-state index < -0.39 is 11.5 Å². The lowest BCUT2D eigenvalue weighted by Gasteiger charge is -2.24. The van der Waals surface area contributed by atoms with Crippen LogP contribution in [0, 0.1) is 0 Å². The van der Waals surface area contributed by atoms with Crippen LogP contribution in [0.15, 0.2) is 18.2 Å². The van der Waals surface area contributed by atoms with Gasteiger partial charge >= 0.3 is 0 Å². The molecule has 0 heterocycles. The van der Waals surface area contributed by atoms with Gasteiger partial charge in [-0.2, -0.15) is 0 Å². The van der Waals surface area contributed by atoms with Gasteiger partial charge in [0, 0.05) is 0 Å². The van der Waals surface area contributed by atoms with E-state index in [4.69, 9.17) is 19.9 Å². The van der Waals surface area contributed by atoms with Crippen molar-refractivity contribution >= 4 is 5.91 Å². The number of carbonyl (C=O) groups is 1. The first-order chi connectivity index (χ1) is 7.92. The van der Waals surface area contributed by atoms with Crippen LogP contribution in [0.5, 0.6) is 17.2 Å². The van der Waals surface area contributed by atoms with E-state index in [0.29, 0.717) is 17.2 Å². The molecule has 5 nitrogen and oxygen atoms in total. The van der Waals surface area contributed by atoms with Gasteiger partial charge < -0.3 is 19.9 Å². The van der Waals surface area contributed by atoms with Crippen LogP contribution in [0.3, 0.4) is 0 Å². The van der Waals surface area contributed by atoms with Crippen molar-refractivity contribution in [3.63, 3.8) is 0 Å². The standard InChI is InChI=1S/C12H17NO4/c1-12(2,11(13)14)17-9-7-5-6-8(15-3)10(9)16-4/h5-7H,1-4H3,(H2,13,14). The van der Waals surface area contributed by atoms with Gasteiger partial charge in [0.2, 0.25) is 5.75 Å². The van der Waals surface area contributed by atoms with Gasteiger partial charge in [-0.25, -0.2) is 0 Å². The molecule has 1 aromatic rings. The van der Waals surface area contributed by atoms with Gasteiger partial charge in [0.15, 0.2) is 17.1 Å². The Morgan fingerprint density at radius 1 is 1.18 bits per heavy atom. The third kappa shape index (κ3) is 2.81. The van der Waals surface area contributed by atoms with Crippen molar-refractivity contribution < 1.29 is 19.0 Å². The van der Waals surface area contributed by atoms with Gasteiger partial charge in [0.25, 0.3) is 5.91 Å². The fraction of sp³-hybridized carbons (Fsp3) is 0.417. The van der Waals surface area contributed by atoms with Gasteiger partial charge in [-0.05, 0) is 26.0 Å². The molecule has 17 heavy (non-hydrogen) atoms. The van der Waals surface area contributed by atoms with Gasteiger partial charge in [0.1, 0.15) is 0 Å². The molecular formula is C12H17NO4. The number of nitrogens with two attached hydrogens (primary N) is 1. The summed E-state index contributed by atoms with van der Waals surface area (Å²) in [5.74, 6) is 0.826. The van der Waals surface area contributed by atoms with Crippen LogP contribution in [0.2, 0.25) is 0 Å². The Morgan fingerprint density at radius 3 is 2.24 bits per heavy atom. The minimum Gasteiger partial charge on any atom is -0.493 e. The number of ether oxygens (including phenoxy) is 3. The number of amides is 1. The molecule has 0 radical (unpaired) electrons. The highest BCUT2D eigenvalue weighted by Crippen LogP contribution is 2.38. The number of hydrogen-bond donors (Lipinski definition) is 1. The highest BCUT2D eigenvalue weighted by atomic mass is 16.5. The second-order valence-electron chi connectivity index (χ2n) is 3.97.